The summed E-state index contributed by atoms with van der Waals surface area (Å²) >= 11 is 0. The van der Waals surface area contributed by atoms with E-state index >= 15 is 0 Å². The van der Waals surface area contributed by atoms with E-state index < -0.39 is 42.1 Å². The first-order chi connectivity index (χ1) is 9.43. The molecule has 0 spiro atoms. The summed E-state index contributed by atoms with van der Waals surface area (Å²) in [7, 11) is 0. The summed E-state index contributed by atoms with van der Waals surface area (Å²) in [6, 6.07) is -0.106. The highest BCUT2D eigenvalue weighted by atomic mass is 19.4. The SMILES string of the molecule is Nc1cc(CNC(=O)C(N)C(F)(F)F)ccc1C(F)(F)F. The van der Waals surface area contributed by atoms with Crippen LogP contribution in [0.1, 0.15) is 11.1 Å². The summed E-state index contributed by atoms with van der Waals surface area (Å²) in [4.78, 5) is 11.1. The first kappa shape index (κ1) is 17.1. The highest BCUT2D eigenvalue weighted by Crippen LogP contribution is 2.33. The number of nitrogen functional groups attached to an aromatic ring is 1. The van der Waals surface area contributed by atoms with E-state index in [1.54, 1.807) is 0 Å². The van der Waals surface area contributed by atoms with Crippen molar-refractivity contribution < 1.29 is 31.1 Å². The van der Waals surface area contributed by atoms with Crippen molar-refractivity contribution in [1.82, 2.24) is 5.32 Å². The van der Waals surface area contributed by atoms with Crippen LogP contribution in [-0.2, 0) is 17.5 Å². The fourth-order valence-corrected chi connectivity index (χ4v) is 1.43. The molecule has 5 N–H and O–H groups in total. The van der Waals surface area contributed by atoms with Crippen molar-refractivity contribution in [3.05, 3.63) is 29.3 Å². The molecular weight excluding hydrogens is 304 g/mol. The minimum atomic E-state index is -4.90. The van der Waals surface area contributed by atoms with Gasteiger partial charge in [0.15, 0.2) is 6.04 Å². The molecule has 0 aliphatic rings. The van der Waals surface area contributed by atoms with Gasteiger partial charge >= 0.3 is 12.4 Å². The Balaban J connectivity index is 2.74. The van der Waals surface area contributed by atoms with Crippen LogP contribution in [0.3, 0.4) is 0 Å². The predicted molar refractivity (Wildman–Crippen MR) is 61.7 cm³/mol. The standard InChI is InChI=1S/C11H11F6N3O/c12-10(13,14)6-2-1-5(3-7(6)18)4-20-9(21)8(19)11(15,16)17/h1-3,8H,4,18-19H2,(H,20,21). The second kappa shape index (κ2) is 5.80. The minimum absolute atomic E-state index is 0.114. The first-order valence-corrected chi connectivity index (χ1v) is 5.48. The van der Waals surface area contributed by atoms with Gasteiger partial charge in [0.25, 0.3) is 0 Å². The lowest BCUT2D eigenvalue weighted by atomic mass is 10.1. The molecule has 1 atom stereocenters. The molecular formula is C11H11F6N3O. The van der Waals surface area contributed by atoms with Gasteiger partial charge in [-0.05, 0) is 17.7 Å². The van der Waals surface area contributed by atoms with E-state index in [0.29, 0.717) is 6.07 Å². The average molecular weight is 315 g/mol. The lowest BCUT2D eigenvalue weighted by Gasteiger charge is -2.16. The summed E-state index contributed by atoms with van der Waals surface area (Å²) in [5.41, 5.74) is 8.32. The molecule has 0 aliphatic heterocycles. The zero-order valence-electron chi connectivity index (χ0n) is 10.3. The van der Waals surface area contributed by atoms with Crippen LogP contribution in [0.15, 0.2) is 18.2 Å². The molecule has 0 aliphatic carbocycles. The Morgan fingerprint density at radius 3 is 2.19 bits per heavy atom. The van der Waals surface area contributed by atoms with Crippen LogP contribution in [0.4, 0.5) is 32.0 Å². The number of hydrogen-bond acceptors (Lipinski definition) is 3. The first-order valence-electron chi connectivity index (χ1n) is 5.48. The van der Waals surface area contributed by atoms with Crippen LogP contribution < -0.4 is 16.8 Å². The van der Waals surface area contributed by atoms with Gasteiger partial charge in [-0.25, -0.2) is 0 Å². The van der Waals surface area contributed by atoms with E-state index in [1.807, 2.05) is 5.32 Å². The molecule has 0 bridgehead atoms. The molecule has 1 amide bonds. The Morgan fingerprint density at radius 2 is 1.76 bits per heavy atom. The van der Waals surface area contributed by atoms with Gasteiger partial charge in [-0.15, -0.1) is 0 Å². The molecule has 118 valence electrons. The molecule has 1 unspecified atom stereocenters. The van der Waals surface area contributed by atoms with Crippen molar-refractivity contribution in [2.45, 2.75) is 24.9 Å². The van der Waals surface area contributed by atoms with Crippen molar-refractivity contribution in [2.24, 2.45) is 5.73 Å². The number of anilines is 1. The molecule has 0 heterocycles. The molecule has 4 nitrogen and oxygen atoms in total. The topological polar surface area (TPSA) is 81.1 Å². The van der Waals surface area contributed by atoms with Gasteiger partial charge in [0.2, 0.25) is 5.91 Å². The number of rotatable bonds is 3. The van der Waals surface area contributed by atoms with Gasteiger partial charge in [0.05, 0.1) is 5.56 Å². The molecule has 1 aromatic rings. The van der Waals surface area contributed by atoms with Crippen molar-refractivity contribution >= 4 is 11.6 Å². The molecule has 0 saturated heterocycles. The maximum Gasteiger partial charge on any atom is 0.418 e. The van der Waals surface area contributed by atoms with Crippen LogP contribution in [0, 0.1) is 0 Å². The zero-order valence-corrected chi connectivity index (χ0v) is 10.3. The minimum Gasteiger partial charge on any atom is -0.398 e. The quantitative estimate of drug-likeness (QED) is 0.587. The predicted octanol–water partition coefficient (Wildman–Crippen LogP) is 1.79. The summed E-state index contributed by atoms with van der Waals surface area (Å²) in [6.07, 6.45) is -9.53. The Hall–Kier alpha value is -1.97. The zero-order chi connectivity index (χ0) is 16.4. The maximum absolute atomic E-state index is 12.4. The van der Waals surface area contributed by atoms with Gasteiger partial charge in [-0.1, -0.05) is 6.07 Å². The number of hydrogen-bond donors (Lipinski definition) is 3. The molecule has 1 aromatic carbocycles. The lowest BCUT2D eigenvalue weighted by Crippen LogP contribution is -2.49. The molecule has 0 radical (unpaired) electrons. The Labute approximate surface area is 115 Å². The molecule has 0 fully saturated rings. The Kier molecular flexibility index (Phi) is 4.72. The van der Waals surface area contributed by atoms with Gasteiger partial charge in [-0.2, -0.15) is 26.3 Å². The van der Waals surface area contributed by atoms with Crippen LogP contribution in [-0.4, -0.2) is 18.1 Å². The number of nitrogens with two attached hydrogens (primary N) is 2. The van der Waals surface area contributed by atoms with E-state index in [0.717, 1.165) is 12.1 Å². The number of carbonyl (C=O) groups is 1. The second-order valence-electron chi connectivity index (χ2n) is 4.16. The van der Waals surface area contributed by atoms with Gasteiger partial charge in [-0.3, -0.25) is 4.79 Å². The van der Waals surface area contributed by atoms with E-state index in [4.69, 9.17) is 5.73 Å². The number of benzene rings is 1. The normalized spacial score (nSPS) is 13.9. The molecule has 0 aromatic heterocycles. The van der Waals surface area contributed by atoms with Crippen LogP contribution in [0.25, 0.3) is 0 Å². The molecule has 0 saturated carbocycles. The summed E-state index contributed by atoms with van der Waals surface area (Å²) in [5.74, 6) is -1.49. The van der Waals surface area contributed by atoms with E-state index in [2.05, 4.69) is 5.73 Å². The fraction of sp³-hybridized carbons (Fsp3) is 0.364. The lowest BCUT2D eigenvalue weighted by molar-refractivity contribution is -0.162. The number of amides is 1. The third kappa shape index (κ3) is 4.52. The Bertz CT molecular complexity index is 526. The van der Waals surface area contributed by atoms with E-state index in [1.165, 1.54) is 0 Å². The summed E-state index contributed by atoms with van der Waals surface area (Å²) < 4.78 is 73.7. The molecule has 10 heteroatoms. The second-order valence-corrected chi connectivity index (χ2v) is 4.16. The van der Waals surface area contributed by atoms with Gasteiger partial charge < -0.3 is 16.8 Å². The van der Waals surface area contributed by atoms with Crippen LogP contribution in [0.5, 0.6) is 0 Å². The third-order valence-electron chi connectivity index (χ3n) is 2.52. The number of nitrogens with one attached hydrogen (secondary N) is 1. The van der Waals surface area contributed by atoms with Crippen LogP contribution in [0.2, 0.25) is 0 Å². The average Bonchev–Trinajstić information content (AvgIpc) is 2.32. The molecule has 21 heavy (non-hydrogen) atoms. The highest BCUT2D eigenvalue weighted by Gasteiger charge is 2.41. The smallest absolute Gasteiger partial charge is 0.398 e. The largest absolute Gasteiger partial charge is 0.418 e. The van der Waals surface area contributed by atoms with E-state index in [9.17, 15) is 31.1 Å². The number of alkyl halides is 6. The summed E-state index contributed by atoms with van der Waals surface area (Å²) in [6.45, 7) is -0.426. The fourth-order valence-electron chi connectivity index (χ4n) is 1.43. The Morgan fingerprint density at radius 1 is 1.19 bits per heavy atom. The monoisotopic (exact) mass is 315 g/mol. The van der Waals surface area contributed by atoms with Gasteiger partial charge in [0.1, 0.15) is 0 Å². The summed E-state index contributed by atoms with van der Waals surface area (Å²) in [5, 5.41) is 1.87. The van der Waals surface area contributed by atoms with Crippen LogP contribution >= 0.6 is 0 Å². The van der Waals surface area contributed by atoms with Crippen molar-refractivity contribution in [1.29, 1.82) is 0 Å². The van der Waals surface area contributed by atoms with Crippen molar-refractivity contribution in [3.8, 4) is 0 Å². The van der Waals surface area contributed by atoms with Gasteiger partial charge in [0, 0.05) is 12.2 Å². The van der Waals surface area contributed by atoms with Crippen molar-refractivity contribution in [3.63, 3.8) is 0 Å². The number of carbonyl (C=O) groups excluding carboxylic acids is 1. The van der Waals surface area contributed by atoms with Crippen molar-refractivity contribution in [2.75, 3.05) is 5.73 Å². The molecule has 1 rings (SSSR count). The number of halogens is 6. The maximum atomic E-state index is 12.4. The highest BCUT2D eigenvalue weighted by molar-refractivity contribution is 5.82. The van der Waals surface area contributed by atoms with E-state index in [-0.39, 0.29) is 5.56 Å². The third-order valence-corrected chi connectivity index (χ3v) is 2.52.